The van der Waals surface area contributed by atoms with E-state index < -0.39 is 0 Å². The molecule has 2 heteroatoms. The highest BCUT2D eigenvalue weighted by atomic mass is 15.0. The van der Waals surface area contributed by atoms with Crippen LogP contribution in [-0.2, 0) is 10.8 Å². The Hall–Kier alpha value is -5.99. The summed E-state index contributed by atoms with van der Waals surface area (Å²) in [6.45, 7) is 9.37. The Labute approximate surface area is 299 Å². The van der Waals surface area contributed by atoms with Crippen LogP contribution in [-0.4, -0.2) is 9.38 Å². The van der Waals surface area contributed by atoms with Crippen LogP contribution in [0.3, 0.4) is 0 Å². The maximum Gasteiger partial charge on any atom is 0.137 e. The summed E-state index contributed by atoms with van der Waals surface area (Å²) in [4.78, 5) is 5.17. The van der Waals surface area contributed by atoms with E-state index in [9.17, 15) is 0 Å². The molecule has 6 aromatic carbocycles. The van der Waals surface area contributed by atoms with Crippen molar-refractivity contribution in [1.29, 1.82) is 0 Å². The molecule has 51 heavy (non-hydrogen) atoms. The minimum Gasteiger partial charge on any atom is -0.299 e. The van der Waals surface area contributed by atoms with Gasteiger partial charge in [-0.15, -0.1) is 0 Å². The van der Waals surface area contributed by atoms with Gasteiger partial charge in [0.15, 0.2) is 0 Å². The van der Waals surface area contributed by atoms with Crippen LogP contribution in [0.15, 0.2) is 158 Å². The molecule has 2 aromatic heterocycles. The van der Waals surface area contributed by atoms with Gasteiger partial charge >= 0.3 is 0 Å². The van der Waals surface area contributed by atoms with Crippen molar-refractivity contribution in [1.82, 2.24) is 9.38 Å². The summed E-state index contributed by atoms with van der Waals surface area (Å²) in [6.07, 6.45) is 2.12. The predicted molar refractivity (Wildman–Crippen MR) is 212 cm³/mol. The molecule has 0 aliphatic heterocycles. The lowest BCUT2D eigenvalue weighted by Gasteiger charge is -2.22. The van der Waals surface area contributed by atoms with Gasteiger partial charge in [-0.05, 0) is 91.0 Å². The summed E-state index contributed by atoms with van der Waals surface area (Å²) in [6, 6.07) is 55.8. The molecule has 0 saturated carbocycles. The van der Waals surface area contributed by atoms with Crippen molar-refractivity contribution in [3.05, 3.63) is 180 Å². The Kier molecular flexibility index (Phi) is 6.30. The molecule has 0 spiro atoms. The molecule has 10 rings (SSSR count). The standard InChI is InChI=1S/C49H38N2/c1-48(2)41-13-7-5-11-37(41)39-26-24-35(29-43(39)48)31-16-20-33(21-17-31)46-47(51-28-10-9-15-45(51)50-46)34-22-18-32(19-23-34)36-25-27-40-38-12-6-8-14-42(38)49(3,4)44(40)30-36/h5-30H,1-4H3. The van der Waals surface area contributed by atoms with Gasteiger partial charge < -0.3 is 0 Å². The zero-order valence-electron chi connectivity index (χ0n) is 29.4. The van der Waals surface area contributed by atoms with Gasteiger partial charge in [0, 0.05) is 28.2 Å². The number of fused-ring (bicyclic) bond motifs is 7. The number of benzene rings is 6. The van der Waals surface area contributed by atoms with Crippen molar-refractivity contribution in [2.75, 3.05) is 0 Å². The number of hydrogen-bond acceptors (Lipinski definition) is 1. The second-order valence-electron chi connectivity index (χ2n) is 15.3. The third-order valence-corrected chi connectivity index (χ3v) is 11.7. The van der Waals surface area contributed by atoms with E-state index in [0.29, 0.717) is 0 Å². The SMILES string of the molecule is CC1(C)c2ccccc2-c2ccc(-c3ccc(-c4nc5ccccn5c4-c4ccc(-c5ccc6c(c5)C(C)(C)c5ccccc5-6)cc4)cc3)cc21. The van der Waals surface area contributed by atoms with Crippen molar-refractivity contribution in [2.24, 2.45) is 0 Å². The van der Waals surface area contributed by atoms with Gasteiger partial charge in [-0.1, -0.05) is 155 Å². The maximum atomic E-state index is 5.17. The van der Waals surface area contributed by atoms with Crippen LogP contribution in [0.4, 0.5) is 0 Å². The number of pyridine rings is 1. The van der Waals surface area contributed by atoms with Crippen LogP contribution in [0.1, 0.15) is 49.9 Å². The average Bonchev–Trinajstić information content (AvgIpc) is 3.75. The Morgan fingerprint density at radius 1 is 0.392 bits per heavy atom. The highest BCUT2D eigenvalue weighted by molar-refractivity contribution is 5.87. The molecule has 2 aliphatic rings. The van der Waals surface area contributed by atoms with E-state index in [1.165, 1.54) is 66.8 Å². The molecule has 0 fully saturated rings. The summed E-state index contributed by atoms with van der Waals surface area (Å²) in [5.74, 6) is 0. The summed E-state index contributed by atoms with van der Waals surface area (Å²) < 4.78 is 2.22. The molecule has 2 nitrogen and oxygen atoms in total. The number of aromatic nitrogens is 2. The quantitative estimate of drug-likeness (QED) is 0.185. The number of rotatable bonds is 4. The summed E-state index contributed by atoms with van der Waals surface area (Å²) >= 11 is 0. The van der Waals surface area contributed by atoms with Crippen LogP contribution in [0.25, 0.3) is 72.7 Å². The molecular weight excluding hydrogens is 617 g/mol. The molecule has 0 bridgehead atoms. The third-order valence-electron chi connectivity index (χ3n) is 11.7. The Morgan fingerprint density at radius 3 is 1.37 bits per heavy atom. The highest BCUT2D eigenvalue weighted by Crippen LogP contribution is 2.51. The average molecular weight is 655 g/mol. The molecule has 244 valence electrons. The molecule has 8 aromatic rings. The fourth-order valence-electron chi connectivity index (χ4n) is 8.88. The molecule has 0 atom stereocenters. The van der Waals surface area contributed by atoms with Gasteiger partial charge in [0.2, 0.25) is 0 Å². The summed E-state index contributed by atoms with van der Waals surface area (Å²) in [5.41, 5.74) is 21.2. The first-order chi connectivity index (χ1) is 24.8. The maximum absolute atomic E-state index is 5.17. The van der Waals surface area contributed by atoms with Crippen LogP contribution in [0.2, 0.25) is 0 Å². The zero-order chi connectivity index (χ0) is 34.5. The summed E-state index contributed by atoms with van der Waals surface area (Å²) in [7, 11) is 0. The lowest BCUT2D eigenvalue weighted by Crippen LogP contribution is -2.14. The first kappa shape index (κ1) is 29.9. The van der Waals surface area contributed by atoms with Crippen molar-refractivity contribution < 1.29 is 0 Å². The molecule has 2 heterocycles. The fraction of sp³-hybridized carbons (Fsp3) is 0.122. The van der Waals surface area contributed by atoms with Crippen molar-refractivity contribution >= 4 is 5.65 Å². The van der Waals surface area contributed by atoms with E-state index in [1.807, 2.05) is 0 Å². The molecule has 0 amide bonds. The van der Waals surface area contributed by atoms with Crippen molar-refractivity contribution in [3.63, 3.8) is 0 Å². The fourth-order valence-corrected chi connectivity index (χ4v) is 8.88. The molecule has 0 radical (unpaired) electrons. The van der Waals surface area contributed by atoms with E-state index in [-0.39, 0.29) is 10.8 Å². The molecule has 0 N–H and O–H groups in total. The second-order valence-corrected chi connectivity index (χ2v) is 15.3. The van der Waals surface area contributed by atoms with Gasteiger partial charge in [0.05, 0.1) is 11.4 Å². The van der Waals surface area contributed by atoms with E-state index in [4.69, 9.17) is 4.98 Å². The first-order valence-electron chi connectivity index (χ1n) is 18.0. The molecule has 0 saturated heterocycles. The van der Waals surface area contributed by atoms with Gasteiger partial charge in [-0.3, -0.25) is 4.40 Å². The summed E-state index contributed by atoms with van der Waals surface area (Å²) in [5, 5.41) is 0. The van der Waals surface area contributed by atoms with E-state index in [1.54, 1.807) is 0 Å². The number of nitrogens with zero attached hydrogens (tertiary/aromatic N) is 2. The number of hydrogen-bond donors (Lipinski definition) is 0. The van der Waals surface area contributed by atoms with E-state index >= 15 is 0 Å². The van der Waals surface area contributed by atoms with Crippen LogP contribution < -0.4 is 0 Å². The van der Waals surface area contributed by atoms with Gasteiger partial charge in [-0.2, -0.15) is 0 Å². The minimum absolute atomic E-state index is 0.0220. The normalized spacial score (nSPS) is 14.6. The Balaban J connectivity index is 0.998. The topological polar surface area (TPSA) is 17.3 Å². The predicted octanol–water partition coefficient (Wildman–Crippen LogP) is 12.6. The Bertz CT molecular complexity index is 2670. The van der Waals surface area contributed by atoms with Crippen molar-refractivity contribution in [3.8, 4) is 67.0 Å². The van der Waals surface area contributed by atoms with Crippen molar-refractivity contribution in [2.45, 2.75) is 38.5 Å². The van der Waals surface area contributed by atoms with Gasteiger partial charge in [-0.25, -0.2) is 4.98 Å². The Morgan fingerprint density at radius 2 is 0.824 bits per heavy atom. The lowest BCUT2D eigenvalue weighted by atomic mass is 9.81. The van der Waals surface area contributed by atoms with Crippen LogP contribution in [0.5, 0.6) is 0 Å². The van der Waals surface area contributed by atoms with E-state index in [2.05, 4.69) is 190 Å². The van der Waals surface area contributed by atoms with Gasteiger partial charge in [0.1, 0.15) is 5.65 Å². The molecular formula is C49H38N2. The zero-order valence-corrected chi connectivity index (χ0v) is 29.4. The molecule has 0 unspecified atom stereocenters. The second kappa shape index (κ2) is 10.8. The first-order valence-corrected chi connectivity index (χ1v) is 18.0. The van der Waals surface area contributed by atoms with Crippen LogP contribution in [0, 0.1) is 0 Å². The highest BCUT2D eigenvalue weighted by Gasteiger charge is 2.36. The third kappa shape index (κ3) is 4.39. The molecule has 2 aliphatic carbocycles. The van der Waals surface area contributed by atoms with E-state index in [0.717, 1.165) is 28.2 Å². The largest absolute Gasteiger partial charge is 0.299 e. The van der Waals surface area contributed by atoms with Gasteiger partial charge in [0.25, 0.3) is 0 Å². The van der Waals surface area contributed by atoms with Crippen LogP contribution >= 0.6 is 0 Å². The minimum atomic E-state index is -0.0220. The monoisotopic (exact) mass is 654 g/mol. The lowest BCUT2D eigenvalue weighted by molar-refractivity contribution is 0.660. The number of imidazole rings is 1. The smallest absolute Gasteiger partial charge is 0.137 e.